The van der Waals surface area contributed by atoms with Crippen LogP contribution < -0.4 is 14.2 Å². The van der Waals surface area contributed by atoms with Crippen molar-refractivity contribution in [3.63, 3.8) is 0 Å². The summed E-state index contributed by atoms with van der Waals surface area (Å²) in [4.78, 5) is 29.2. The van der Waals surface area contributed by atoms with Crippen molar-refractivity contribution >= 4 is 11.8 Å². The Morgan fingerprint density at radius 2 is 1.88 bits per heavy atom. The molecule has 5 rings (SSSR count). The summed E-state index contributed by atoms with van der Waals surface area (Å²) < 4.78 is 27.9. The van der Waals surface area contributed by atoms with Gasteiger partial charge in [0.1, 0.15) is 5.75 Å². The number of fused-ring (bicyclic) bond motifs is 1. The number of piperidine rings is 1. The minimum Gasteiger partial charge on any atom is -0.481 e. The molecule has 1 spiro atoms. The summed E-state index contributed by atoms with van der Waals surface area (Å²) in [6.45, 7) is 4.55. The molecule has 0 saturated carbocycles. The van der Waals surface area contributed by atoms with Crippen molar-refractivity contribution in [2.75, 3.05) is 39.6 Å². The van der Waals surface area contributed by atoms with Crippen LogP contribution in [-0.4, -0.2) is 72.9 Å². The molecule has 2 fully saturated rings. The van der Waals surface area contributed by atoms with E-state index in [4.69, 9.17) is 23.4 Å². The summed E-state index contributed by atoms with van der Waals surface area (Å²) in [5.41, 5.74) is -0.432. The first-order chi connectivity index (χ1) is 15.5. The molecule has 9 nitrogen and oxygen atoms in total. The van der Waals surface area contributed by atoms with E-state index in [0.717, 1.165) is 0 Å². The first-order valence-electron chi connectivity index (χ1n) is 10.8. The highest BCUT2D eigenvalue weighted by atomic mass is 16.7. The topological polar surface area (TPSA) is 90.7 Å². The summed E-state index contributed by atoms with van der Waals surface area (Å²) in [7, 11) is 0. The standard InChI is InChI=1S/C23H26N2O7/c1-16(32-17-4-5-18-20(13-17)30-15-29-18)21(26)24-8-6-23(7-9-24)14-25(10-12-31-23)22(27)19-3-2-11-28-19/h2-5,11,13,16H,6-10,12,14-15H2,1H3. The molecule has 3 aliphatic rings. The number of carbonyl (C=O) groups excluding carboxylic acids is 2. The molecule has 2 saturated heterocycles. The zero-order valence-electron chi connectivity index (χ0n) is 18.0. The van der Waals surface area contributed by atoms with Gasteiger partial charge in [-0.1, -0.05) is 0 Å². The minimum atomic E-state index is -0.631. The van der Waals surface area contributed by atoms with Gasteiger partial charge in [-0.15, -0.1) is 0 Å². The Bertz CT molecular complexity index is 982. The fourth-order valence-corrected chi connectivity index (χ4v) is 4.47. The van der Waals surface area contributed by atoms with Gasteiger partial charge in [0.05, 0.1) is 25.0 Å². The lowest BCUT2D eigenvalue weighted by Gasteiger charge is -2.47. The monoisotopic (exact) mass is 442 g/mol. The van der Waals surface area contributed by atoms with Gasteiger partial charge in [-0.25, -0.2) is 0 Å². The highest BCUT2D eigenvalue weighted by Gasteiger charge is 2.42. The fourth-order valence-electron chi connectivity index (χ4n) is 4.47. The number of hydrogen-bond acceptors (Lipinski definition) is 7. The van der Waals surface area contributed by atoms with Crippen LogP contribution in [0.1, 0.15) is 30.3 Å². The number of amides is 2. The van der Waals surface area contributed by atoms with Crippen LogP contribution in [0, 0.1) is 0 Å². The largest absolute Gasteiger partial charge is 0.481 e. The average molecular weight is 442 g/mol. The molecule has 0 N–H and O–H groups in total. The summed E-state index contributed by atoms with van der Waals surface area (Å²) in [6, 6.07) is 8.66. The first kappa shape index (κ1) is 20.7. The predicted octanol–water partition coefficient (Wildman–Crippen LogP) is 2.31. The molecular formula is C23H26N2O7. The maximum Gasteiger partial charge on any atom is 0.289 e. The zero-order valence-corrected chi connectivity index (χ0v) is 18.0. The second-order valence-corrected chi connectivity index (χ2v) is 8.34. The Kier molecular flexibility index (Phi) is 5.42. The van der Waals surface area contributed by atoms with E-state index < -0.39 is 11.7 Å². The van der Waals surface area contributed by atoms with E-state index in [2.05, 4.69) is 0 Å². The van der Waals surface area contributed by atoms with Gasteiger partial charge >= 0.3 is 0 Å². The number of rotatable bonds is 4. The second kappa shape index (κ2) is 8.38. The summed E-state index contributed by atoms with van der Waals surface area (Å²) in [5.74, 6) is 1.99. The highest BCUT2D eigenvalue weighted by Crippen LogP contribution is 2.36. The third kappa shape index (κ3) is 4.00. The van der Waals surface area contributed by atoms with E-state index in [9.17, 15) is 9.59 Å². The van der Waals surface area contributed by atoms with Gasteiger partial charge in [-0.2, -0.15) is 0 Å². The number of benzene rings is 1. The number of furan rings is 1. The molecule has 0 aliphatic carbocycles. The Hall–Kier alpha value is -3.20. The lowest BCUT2D eigenvalue weighted by atomic mass is 9.89. The van der Waals surface area contributed by atoms with Crippen LogP contribution >= 0.6 is 0 Å². The molecule has 1 aromatic heterocycles. The van der Waals surface area contributed by atoms with Gasteiger partial charge in [0.25, 0.3) is 11.8 Å². The first-order valence-corrected chi connectivity index (χ1v) is 10.8. The van der Waals surface area contributed by atoms with E-state index in [1.165, 1.54) is 6.26 Å². The predicted molar refractivity (Wildman–Crippen MR) is 112 cm³/mol. The number of likely N-dealkylation sites (tertiary alicyclic amines) is 1. The molecule has 2 amide bonds. The normalized spacial score (nSPS) is 20.3. The van der Waals surface area contributed by atoms with E-state index in [1.807, 2.05) is 0 Å². The van der Waals surface area contributed by atoms with Crippen LogP contribution in [0.4, 0.5) is 0 Å². The van der Waals surface area contributed by atoms with Crippen LogP contribution in [0.2, 0.25) is 0 Å². The van der Waals surface area contributed by atoms with Crippen molar-refractivity contribution in [3.8, 4) is 17.2 Å². The quantitative estimate of drug-likeness (QED) is 0.718. The lowest BCUT2D eigenvalue weighted by Crippen LogP contribution is -2.59. The number of hydrogen-bond donors (Lipinski definition) is 0. The third-order valence-corrected chi connectivity index (χ3v) is 6.26. The van der Waals surface area contributed by atoms with Gasteiger partial charge in [0.15, 0.2) is 23.4 Å². The van der Waals surface area contributed by atoms with Crippen LogP contribution in [0.15, 0.2) is 41.0 Å². The average Bonchev–Trinajstić information content (AvgIpc) is 3.51. The summed E-state index contributed by atoms with van der Waals surface area (Å²) in [5, 5.41) is 0. The Morgan fingerprint density at radius 3 is 2.66 bits per heavy atom. The second-order valence-electron chi connectivity index (χ2n) is 8.34. The van der Waals surface area contributed by atoms with Crippen LogP contribution in [-0.2, 0) is 9.53 Å². The minimum absolute atomic E-state index is 0.0724. The van der Waals surface area contributed by atoms with Crippen LogP contribution in [0.25, 0.3) is 0 Å². The van der Waals surface area contributed by atoms with Gasteiger partial charge < -0.3 is 33.2 Å². The summed E-state index contributed by atoms with van der Waals surface area (Å²) >= 11 is 0. The Balaban J connectivity index is 1.17. The molecule has 4 heterocycles. The molecular weight excluding hydrogens is 416 g/mol. The van der Waals surface area contributed by atoms with Crippen LogP contribution in [0.3, 0.4) is 0 Å². The molecule has 1 unspecified atom stereocenters. The highest BCUT2D eigenvalue weighted by molar-refractivity contribution is 5.91. The zero-order chi connectivity index (χ0) is 22.1. The van der Waals surface area contributed by atoms with Crippen molar-refractivity contribution in [3.05, 3.63) is 42.4 Å². The lowest BCUT2D eigenvalue weighted by molar-refractivity contribution is -0.152. The van der Waals surface area contributed by atoms with Crippen molar-refractivity contribution < 1.29 is 33.0 Å². The van der Waals surface area contributed by atoms with Crippen LogP contribution in [0.5, 0.6) is 17.2 Å². The van der Waals surface area contributed by atoms with E-state index in [-0.39, 0.29) is 18.6 Å². The molecule has 9 heteroatoms. The van der Waals surface area contributed by atoms with Gasteiger partial charge in [0, 0.05) is 25.7 Å². The third-order valence-electron chi connectivity index (χ3n) is 6.26. The number of nitrogens with zero attached hydrogens (tertiary/aromatic N) is 2. The molecule has 170 valence electrons. The number of morpholine rings is 1. The van der Waals surface area contributed by atoms with E-state index >= 15 is 0 Å². The van der Waals surface area contributed by atoms with Gasteiger partial charge in [-0.05, 0) is 44.0 Å². The molecule has 1 aromatic carbocycles. The smallest absolute Gasteiger partial charge is 0.289 e. The van der Waals surface area contributed by atoms with E-state index in [0.29, 0.717) is 68.6 Å². The fraction of sp³-hybridized carbons (Fsp3) is 0.478. The molecule has 2 aromatic rings. The molecule has 1 atom stereocenters. The van der Waals surface area contributed by atoms with Crippen molar-refractivity contribution in [1.82, 2.24) is 9.80 Å². The molecule has 0 bridgehead atoms. The SMILES string of the molecule is CC(Oc1ccc2c(c1)OCO2)C(=O)N1CCC2(CC1)CN(C(=O)c1ccco1)CCO2. The maximum atomic E-state index is 13.0. The molecule has 3 aliphatic heterocycles. The van der Waals surface area contributed by atoms with Crippen molar-refractivity contribution in [2.45, 2.75) is 31.5 Å². The maximum absolute atomic E-state index is 13.0. The molecule has 32 heavy (non-hydrogen) atoms. The Morgan fingerprint density at radius 1 is 1.06 bits per heavy atom. The number of carbonyl (C=O) groups is 2. The molecule has 0 radical (unpaired) electrons. The summed E-state index contributed by atoms with van der Waals surface area (Å²) in [6.07, 6.45) is 2.20. The van der Waals surface area contributed by atoms with Gasteiger partial charge in [0.2, 0.25) is 6.79 Å². The van der Waals surface area contributed by atoms with Gasteiger partial charge in [-0.3, -0.25) is 9.59 Å². The van der Waals surface area contributed by atoms with Crippen molar-refractivity contribution in [2.24, 2.45) is 0 Å². The van der Waals surface area contributed by atoms with E-state index in [1.54, 1.807) is 47.1 Å². The Labute approximate surface area is 185 Å². The number of ether oxygens (including phenoxy) is 4. The van der Waals surface area contributed by atoms with Crippen molar-refractivity contribution in [1.29, 1.82) is 0 Å².